The number of thiophene rings is 1. The van der Waals surface area contributed by atoms with Gasteiger partial charge in [0.1, 0.15) is 0 Å². The minimum atomic E-state index is 0.777. The molecular formula is C21H31N5S. The molecule has 0 spiro atoms. The van der Waals surface area contributed by atoms with Gasteiger partial charge >= 0.3 is 0 Å². The Hall–Kier alpha value is -1.89. The maximum absolute atomic E-state index is 4.30. The average Bonchev–Trinajstić information content (AvgIpc) is 3.23. The van der Waals surface area contributed by atoms with Gasteiger partial charge in [0.2, 0.25) is 0 Å². The van der Waals surface area contributed by atoms with E-state index >= 15 is 0 Å². The van der Waals surface area contributed by atoms with Crippen molar-refractivity contribution in [1.29, 1.82) is 0 Å². The van der Waals surface area contributed by atoms with E-state index in [4.69, 9.17) is 0 Å². The van der Waals surface area contributed by atoms with Crippen LogP contribution >= 0.6 is 11.3 Å². The Bertz CT molecular complexity index is 688. The molecule has 0 saturated carbocycles. The fourth-order valence-corrected chi connectivity index (χ4v) is 3.94. The smallest absolute Gasteiger partial charge is 0.191 e. The lowest BCUT2D eigenvalue weighted by atomic mass is 10.1. The Balaban J connectivity index is 1.42. The Morgan fingerprint density at radius 2 is 1.56 bits per heavy atom. The number of nitrogens with zero attached hydrogens (tertiary/aromatic N) is 3. The highest BCUT2D eigenvalue weighted by molar-refractivity contribution is 7.07. The summed E-state index contributed by atoms with van der Waals surface area (Å²) in [5, 5.41) is 11.0. The molecule has 27 heavy (non-hydrogen) atoms. The van der Waals surface area contributed by atoms with Gasteiger partial charge in [0, 0.05) is 52.9 Å². The Morgan fingerprint density at radius 1 is 0.926 bits per heavy atom. The zero-order valence-corrected chi connectivity index (χ0v) is 17.3. The van der Waals surface area contributed by atoms with Crippen LogP contribution < -0.4 is 10.6 Å². The number of likely N-dealkylation sites (N-methyl/N-ethyl adjacent to an activating group) is 1. The predicted molar refractivity (Wildman–Crippen MR) is 115 cm³/mol. The maximum atomic E-state index is 4.30. The predicted octanol–water partition coefficient (Wildman–Crippen LogP) is 2.75. The summed E-state index contributed by atoms with van der Waals surface area (Å²) in [5.74, 6) is 0.832. The van der Waals surface area contributed by atoms with E-state index in [0.717, 1.165) is 25.6 Å². The first-order chi connectivity index (χ1) is 13.3. The standard InChI is InChI=1S/C21H31N5S/c1-3-25-9-11-26(12-10-25)16-19-6-4-18(5-7-19)14-23-21(22-2)24-15-20-8-13-27-17-20/h4-8,13,17H,3,9-12,14-16H2,1-2H3,(H2,22,23,24). The highest BCUT2D eigenvalue weighted by Crippen LogP contribution is 2.10. The first-order valence-electron chi connectivity index (χ1n) is 9.75. The van der Waals surface area contributed by atoms with Gasteiger partial charge in [-0.05, 0) is 40.1 Å². The summed E-state index contributed by atoms with van der Waals surface area (Å²) in [6, 6.07) is 11.1. The molecule has 5 nitrogen and oxygen atoms in total. The van der Waals surface area contributed by atoms with E-state index in [1.807, 2.05) is 7.05 Å². The molecule has 0 atom stereocenters. The quantitative estimate of drug-likeness (QED) is 0.568. The van der Waals surface area contributed by atoms with Crippen LogP contribution in [0.3, 0.4) is 0 Å². The van der Waals surface area contributed by atoms with E-state index in [9.17, 15) is 0 Å². The second kappa shape index (κ2) is 10.4. The van der Waals surface area contributed by atoms with Gasteiger partial charge in [-0.3, -0.25) is 9.89 Å². The minimum absolute atomic E-state index is 0.777. The molecule has 0 unspecified atom stereocenters. The van der Waals surface area contributed by atoms with Crippen LogP contribution in [0, 0.1) is 0 Å². The molecule has 3 rings (SSSR count). The third-order valence-electron chi connectivity index (χ3n) is 5.06. The highest BCUT2D eigenvalue weighted by Gasteiger charge is 2.15. The summed E-state index contributed by atoms with van der Waals surface area (Å²) in [6.45, 7) is 10.8. The van der Waals surface area contributed by atoms with E-state index in [1.165, 1.54) is 49.4 Å². The highest BCUT2D eigenvalue weighted by atomic mass is 32.1. The zero-order valence-electron chi connectivity index (χ0n) is 16.4. The van der Waals surface area contributed by atoms with E-state index < -0.39 is 0 Å². The molecule has 1 aliphatic heterocycles. The molecule has 0 radical (unpaired) electrons. The zero-order chi connectivity index (χ0) is 18.9. The summed E-state index contributed by atoms with van der Waals surface area (Å²) in [7, 11) is 1.81. The molecule has 0 bridgehead atoms. The lowest BCUT2D eigenvalue weighted by molar-refractivity contribution is 0.132. The Labute approximate surface area is 167 Å². The largest absolute Gasteiger partial charge is 0.352 e. The first kappa shape index (κ1) is 19.9. The van der Waals surface area contributed by atoms with E-state index in [2.05, 4.69) is 73.4 Å². The molecule has 2 heterocycles. The second-order valence-corrected chi connectivity index (χ2v) is 7.72. The molecule has 1 fully saturated rings. The monoisotopic (exact) mass is 385 g/mol. The SMILES string of the molecule is CCN1CCN(Cc2ccc(CNC(=NC)NCc3ccsc3)cc2)CC1. The lowest BCUT2D eigenvalue weighted by Gasteiger charge is -2.34. The normalized spacial score (nSPS) is 16.4. The summed E-state index contributed by atoms with van der Waals surface area (Å²) in [6.07, 6.45) is 0. The molecule has 146 valence electrons. The molecule has 2 N–H and O–H groups in total. The van der Waals surface area contributed by atoms with Gasteiger partial charge in [-0.15, -0.1) is 0 Å². The minimum Gasteiger partial charge on any atom is -0.352 e. The molecule has 6 heteroatoms. The molecule has 2 aromatic rings. The van der Waals surface area contributed by atoms with Crippen LogP contribution in [0.25, 0.3) is 0 Å². The first-order valence-corrected chi connectivity index (χ1v) is 10.7. The Kier molecular flexibility index (Phi) is 7.68. The number of aliphatic imine (C=N–C) groups is 1. The number of rotatable bonds is 7. The molecule has 1 saturated heterocycles. The maximum Gasteiger partial charge on any atom is 0.191 e. The molecular weight excluding hydrogens is 354 g/mol. The number of hydrogen-bond donors (Lipinski definition) is 2. The van der Waals surface area contributed by atoms with Crippen LogP contribution in [0.4, 0.5) is 0 Å². The summed E-state index contributed by atoms with van der Waals surface area (Å²) >= 11 is 1.72. The van der Waals surface area contributed by atoms with Crippen molar-refractivity contribution in [2.75, 3.05) is 39.8 Å². The lowest BCUT2D eigenvalue weighted by Crippen LogP contribution is -2.45. The van der Waals surface area contributed by atoms with Crippen molar-refractivity contribution in [1.82, 2.24) is 20.4 Å². The van der Waals surface area contributed by atoms with Crippen molar-refractivity contribution >= 4 is 17.3 Å². The van der Waals surface area contributed by atoms with Crippen molar-refractivity contribution in [2.45, 2.75) is 26.6 Å². The van der Waals surface area contributed by atoms with Gasteiger partial charge in [-0.25, -0.2) is 0 Å². The van der Waals surface area contributed by atoms with E-state index in [1.54, 1.807) is 11.3 Å². The number of hydrogen-bond acceptors (Lipinski definition) is 4. The number of nitrogens with one attached hydrogen (secondary N) is 2. The van der Waals surface area contributed by atoms with Crippen LogP contribution in [0.15, 0.2) is 46.1 Å². The van der Waals surface area contributed by atoms with Gasteiger partial charge < -0.3 is 15.5 Å². The van der Waals surface area contributed by atoms with Gasteiger partial charge in [0.15, 0.2) is 5.96 Å². The van der Waals surface area contributed by atoms with Gasteiger partial charge in [0.25, 0.3) is 0 Å². The summed E-state index contributed by atoms with van der Waals surface area (Å²) < 4.78 is 0. The van der Waals surface area contributed by atoms with Crippen LogP contribution in [0.2, 0.25) is 0 Å². The summed E-state index contributed by atoms with van der Waals surface area (Å²) in [5.41, 5.74) is 3.95. The molecule has 1 aromatic heterocycles. The number of piperazine rings is 1. The van der Waals surface area contributed by atoms with Crippen LogP contribution in [-0.4, -0.2) is 55.5 Å². The average molecular weight is 386 g/mol. The van der Waals surface area contributed by atoms with Crippen molar-refractivity contribution < 1.29 is 0 Å². The van der Waals surface area contributed by atoms with Gasteiger partial charge in [0.05, 0.1) is 0 Å². The third kappa shape index (κ3) is 6.34. The van der Waals surface area contributed by atoms with Crippen molar-refractivity contribution in [3.8, 4) is 0 Å². The van der Waals surface area contributed by atoms with Crippen molar-refractivity contribution in [3.05, 3.63) is 57.8 Å². The fourth-order valence-electron chi connectivity index (χ4n) is 3.27. The summed E-state index contributed by atoms with van der Waals surface area (Å²) in [4.78, 5) is 9.37. The van der Waals surface area contributed by atoms with E-state index in [-0.39, 0.29) is 0 Å². The van der Waals surface area contributed by atoms with Crippen molar-refractivity contribution in [2.24, 2.45) is 4.99 Å². The topological polar surface area (TPSA) is 42.9 Å². The number of benzene rings is 1. The third-order valence-corrected chi connectivity index (χ3v) is 5.80. The van der Waals surface area contributed by atoms with Gasteiger partial charge in [-0.2, -0.15) is 11.3 Å². The molecule has 0 amide bonds. The molecule has 1 aromatic carbocycles. The molecule has 1 aliphatic rings. The van der Waals surface area contributed by atoms with Crippen LogP contribution in [0.5, 0.6) is 0 Å². The van der Waals surface area contributed by atoms with Crippen LogP contribution in [-0.2, 0) is 19.6 Å². The fraction of sp³-hybridized carbons (Fsp3) is 0.476. The van der Waals surface area contributed by atoms with Gasteiger partial charge in [-0.1, -0.05) is 31.2 Å². The second-order valence-electron chi connectivity index (χ2n) is 6.94. The van der Waals surface area contributed by atoms with Crippen molar-refractivity contribution in [3.63, 3.8) is 0 Å². The Morgan fingerprint density at radius 3 is 2.15 bits per heavy atom. The van der Waals surface area contributed by atoms with Crippen LogP contribution in [0.1, 0.15) is 23.6 Å². The molecule has 0 aliphatic carbocycles. The number of guanidine groups is 1. The van der Waals surface area contributed by atoms with E-state index in [0.29, 0.717) is 0 Å².